The number of nitrogens with one attached hydrogen (secondary N) is 3. The lowest BCUT2D eigenvalue weighted by Crippen LogP contribution is -2.53. The van der Waals surface area contributed by atoms with Gasteiger partial charge in [-0.3, -0.25) is 20.0 Å². The van der Waals surface area contributed by atoms with Crippen LogP contribution in [0.15, 0.2) is 36.2 Å². The lowest BCUT2D eigenvalue weighted by atomic mass is 9.69. The molecule has 8 heteroatoms. The van der Waals surface area contributed by atoms with Crippen LogP contribution in [-0.2, 0) is 17.8 Å². The summed E-state index contributed by atoms with van der Waals surface area (Å²) in [5.74, 6) is -0.246. The average molecular weight is 478 g/mol. The van der Waals surface area contributed by atoms with Gasteiger partial charge in [0.1, 0.15) is 11.9 Å². The van der Waals surface area contributed by atoms with Crippen molar-refractivity contribution in [1.29, 1.82) is 5.41 Å². The van der Waals surface area contributed by atoms with Gasteiger partial charge in [-0.05, 0) is 60.4 Å². The van der Waals surface area contributed by atoms with Gasteiger partial charge in [-0.2, -0.15) is 0 Å². The number of aromatic nitrogens is 1. The second kappa shape index (κ2) is 10.1. The minimum absolute atomic E-state index is 0.0963. The van der Waals surface area contributed by atoms with E-state index in [1.54, 1.807) is 12.3 Å². The summed E-state index contributed by atoms with van der Waals surface area (Å²) in [7, 11) is 0. The number of allylic oxidation sites excluding steroid dienone is 3. The van der Waals surface area contributed by atoms with Crippen molar-refractivity contribution in [3.63, 3.8) is 0 Å². The molecule has 3 heterocycles. The van der Waals surface area contributed by atoms with E-state index in [9.17, 15) is 9.59 Å². The van der Waals surface area contributed by atoms with Gasteiger partial charge < -0.3 is 20.9 Å². The van der Waals surface area contributed by atoms with Gasteiger partial charge in [-0.1, -0.05) is 26.8 Å². The molecule has 2 aliphatic heterocycles. The zero-order valence-corrected chi connectivity index (χ0v) is 21.0. The maximum atomic E-state index is 13.0. The van der Waals surface area contributed by atoms with Crippen LogP contribution < -0.4 is 16.0 Å². The molecule has 1 fully saturated rings. The topological polar surface area (TPSA) is 124 Å². The maximum Gasteiger partial charge on any atom is 0.271 e. The Hall–Kier alpha value is -3.29. The summed E-state index contributed by atoms with van der Waals surface area (Å²) in [6, 6.07) is 1.79. The van der Waals surface area contributed by atoms with Crippen molar-refractivity contribution >= 4 is 23.2 Å². The first kappa shape index (κ1) is 24.8. The first-order chi connectivity index (χ1) is 16.7. The molecule has 2 unspecified atom stereocenters. The summed E-state index contributed by atoms with van der Waals surface area (Å²) in [4.78, 5) is 31.6. The van der Waals surface area contributed by atoms with Crippen molar-refractivity contribution in [3.8, 4) is 0 Å². The maximum absolute atomic E-state index is 13.0. The summed E-state index contributed by atoms with van der Waals surface area (Å²) >= 11 is 0. The monoisotopic (exact) mass is 477 g/mol. The SMILES string of the molecule is CCCC(=O)N1CCc2cnc(C(=O)NC3C=CC=C(C(=N)C4CC(C)(C)CCC4=[NH2+])N3)cc2C1. The van der Waals surface area contributed by atoms with Crippen LogP contribution in [0.3, 0.4) is 0 Å². The molecular formula is C27H37N6O2+. The highest BCUT2D eigenvalue weighted by Crippen LogP contribution is 2.37. The molecule has 5 N–H and O–H groups in total. The summed E-state index contributed by atoms with van der Waals surface area (Å²) in [6.07, 6.45) is 11.7. The molecule has 0 bridgehead atoms. The summed E-state index contributed by atoms with van der Waals surface area (Å²) in [5.41, 5.74) is 4.52. The van der Waals surface area contributed by atoms with Gasteiger partial charge in [0.05, 0.1) is 17.3 Å². The molecule has 0 aromatic carbocycles. The molecule has 1 saturated carbocycles. The van der Waals surface area contributed by atoms with E-state index in [2.05, 4.69) is 29.5 Å². The zero-order chi connectivity index (χ0) is 25.2. The average Bonchev–Trinajstić information content (AvgIpc) is 2.84. The Morgan fingerprint density at radius 1 is 1.31 bits per heavy atom. The molecule has 0 spiro atoms. The summed E-state index contributed by atoms with van der Waals surface area (Å²) in [6.45, 7) is 7.64. The summed E-state index contributed by atoms with van der Waals surface area (Å²) in [5, 5.41) is 21.3. The fourth-order valence-electron chi connectivity index (χ4n) is 5.06. The number of nitrogens with two attached hydrogens (primary N) is 1. The predicted octanol–water partition coefficient (Wildman–Crippen LogP) is 1.91. The lowest BCUT2D eigenvalue weighted by Gasteiger charge is -2.35. The van der Waals surface area contributed by atoms with Gasteiger partial charge in [0.2, 0.25) is 5.91 Å². The minimum Gasteiger partial charge on any atom is -0.361 e. The third-order valence-electron chi connectivity index (χ3n) is 7.24. The largest absolute Gasteiger partial charge is 0.361 e. The second-order valence-corrected chi connectivity index (χ2v) is 10.6. The van der Waals surface area contributed by atoms with Gasteiger partial charge >= 0.3 is 0 Å². The van der Waals surface area contributed by atoms with Gasteiger partial charge in [0.15, 0.2) is 5.71 Å². The molecule has 4 rings (SSSR count). The van der Waals surface area contributed by atoms with Gasteiger partial charge in [0, 0.05) is 32.1 Å². The van der Waals surface area contributed by atoms with E-state index in [0.717, 1.165) is 48.9 Å². The number of amides is 2. The number of dihydropyridines is 1. The lowest BCUT2D eigenvalue weighted by molar-refractivity contribution is -0.132. The molecule has 2 atom stereocenters. The van der Waals surface area contributed by atoms with Gasteiger partial charge in [0.25, 0.3) is 5.91 Å². The predicted molar refractivity (Wildman–Crippen MR) is 136 cm³/mol. The number of rotatable bonds is 6. The van der Waals surface area contributed by atoms with Crippen LogP contribution in [0.25, 0.3) is 0 Å². The molecule has 1 aromatic heterocycles. The van der Waals surface area contributed by atoms with Crippen molar-refractivity contribution in [2.45, 2.75) is 72.0 Å². The standard InChI is InChI=1S/C27H36N6O2/c1-4-6-24(34)33-12-10-17-15-30-22(13-18(17)16-33)26(35)32-23-8-5-7-21(31-23)25(29)19-14-27(2,3)11-9-20(19)28/h5,7-8,13,15,19,23,28-29,31H,4,6,9-12,14,16H2,1-3H3,(H,32,35)/p+1. The van der Waals surface area contributed by atoms with E-state index in [4.69, 9.17) is 10.8 Å². The zero-order valence-electron chi connectivity index (χ0n) is 21.0. The van der Waals surface area contributed by atoms with Crippen LogP contribution in [0.2, 0.25) is 0 Å². The number of fused-ring (bicyclic) bond motifs is 1. The van der Waals surface area contributed by atoms with Crippen molar-refractivity contribution in [1.82, 2.24) is 20.5 Å². The molecular weight excluding hydrogens is 440 g/mol. The highest BCUT2D eigenvalue weighted by molar-refractivity contribution is 6.12. The highest BCUT2D eigenvalue weighted by atomic mass is 16.2. The van der Waals surface area contributed by atoms with Crippen LogP contribution in [0.1, 0.15) is 74.5 Å². The van der Waals surface area contributed by atoms with E-state index in [-0.39, 0.29) is 23.1 Å². The quantitative estimate of drug-likeness (QED) is 0.467. The number of hydrogen-bond acceptors (Lipinski definition) is 5. The Kier molecular flexibility index (Phi) is 7.19. The number of nitrogens with zero attached hydrogens (tertiary/aromatic N) is 2. The van der Waals surface area contributed by atoms with Crippen LogP contribution in [0.4, 0.5) is 0 Å². The molecule has 35 heavy (non-hydrogen) atoms. The molecule has 8 nitrogen and oxygen atoms in total. The van der Waals surface area contributed by atoms with E-state index in [0.29, 0.717) is 36.6 Å². The van der Waals surface area contributed by atoms with E-state index < -0.39 is 6.17 Å². The number of carbonyl (C=O) groups is 2. The Bertz CT molecular complexity index is 1100. The molecule has 2 amide bonds. The van der Waals surface area contributed by atoms with Gasteiger partial charge in [-0.15, -0.1) is 0 Å². The normalized spacial score (nSPS) is 23.1. The first-order valence-electron chi connectivity index (χ1n) is 12.6. The van der Waals surface area contributed by atoms with Crippen LogP contribution in [-0.4, -0.2) is 45.8 Å². The molecule has 0 saturated heterocycles. The van der Waals surface area contributed by atoms with Crippen LogP contribution in [0, 0.1) is 16.7 Å². The molecule has 186 valence electrons. The first-order valence-corrected chi connectivity index (χ1v) is 12.6. The molecule has 1 aromatic rings. The van der Waals surface area contributed by atoms with E-state index in [1.807, 2.05) is 30.1 Å². The fraction of sp³-hybridized carbons (Fsp3) is 0.519. The third kappa shape index (κ3) is 5.69. The van der Waals surface area contributed by atoms with Crippen LogP contribution >= 0.6 is 0 Å². The number of pyridine rings is 1. The van der Waals surface area contributed by atoms with Crippen molar-refractivity contribution in [2.24, 2.45) is 11.3 Å². The molecule has 3 aliphatic rings. The Morgan fingerprint density at radius 2 is 2.11 bits per heavy atom. The van der Waals surface area contributed by atoms with Crippen molar-refractivity contribution < 1.29 is 15.0 Å². The molecule has 0 radical (unpaired) electrons. The third-order valence-corrected chi connectivity index (χ3v) is 7.24. The van der Waals surface area contributed by atoms with Crippen LogP contribution in [0.5, 0.6) is 0 Å². The number of carbonyl (C=O) groups excluding carboxylic acids is 2. The minimum atomic E-state index is -0.457. The summed E-state index contributed by atoms with van der Waals surface area (Å²) < 4.78 is 0. The van der Waals surface area contributed by atoms with Crippen molar-refractivity contribution in [3.05, 3.63) is 53.0 Å². The van der Waals surface area contributed by atoms with Crippen molar-refractivity contribution in [2.75, 3.05) is 6.54 Å². The Balaban J connectivity index is 1.39. The smallest absolute Gasteiger partial charge is 0.271 e. The fourth-order valence-corrected chi connectivity index (χ4v) is 5.06. The molecule has 1 aliphatic carbocycles. The van der Waals surface area contributed by atoms with Gasteiger partial charge in [-0.25, -0.2) is 0 Å². The van der Waals surface area contributed by atoms with E-state index in [1.165, 1.54) is 0 Å². The Morgan fingerprint density at radius 3 is 2.89 bits per heavy atom. The van der Waals surface area contributed by atoms with E-state index >= 15 is 0 Å². The second-order valence-electron chi connectivity index (χ2n) is 10.6. The Labute approximate surface area is 207 Å². The number of hydrogen-bond donors (Lipinski definition) is 4. The highest BCUT2D eigenvalue weighted by Gasteiger charge is 2.38.